The van der Waals surface area contributed by atoms with Crippen molar-refractivity contribution in [1.29, 1.82) is 0 Å². The molecule has 2 N–H and O–H groups in total. The third kappa shape index (κ3) is 5.02. The Morgan fingerprint density at radius 3 is 2.35 bits per heavy atom. The van der Waals surface area contributed by atoms with Crippen LogP contribution in [0.5, 0.6) is 0 Å². The lowest BCUT2D eigenvalue weighted by atomic mass is 9.89. The van der Waals surface area contributed by atoms with Crippen LogP contribution >= 0.6 is 12.2 Å². The molecule has 2 aliphatic rings. The van der Waals surface area contributed by atoms with Crippen LogP contribution in [-0.4, -0.2) is 48.1 Å². The standard InChI is InChI=1S/C19H25N3O3S/c23-17(14-4-2-1-3-5-14)21-19(26)20-16-8-6-15(7-9-16)18(24)22-10-12-25-13-11-22/h6-9,14H,1-5,10-13H2,(H2,20,21,23,26). The highest BCUT2D eigenvalue weighted by atomic mass is 32.1. The van der Waals surface area contributed by atoms with E-state index >= 15 is 0 Å². The van der Waals surface area contributed by atoms with E-state index in [9.17, 15) is 9.59 Å². The van der Waals surface area contributed by atoms with Crippen LogP contribution in [0, 0.1) is 5.92 Å². The SMILES string of the molecule is O=C(NC(=S)Nc1ccc(C(=O)N2CCOCC2)cc1)C1CCCCC1. The summed E-state index contributed by atoms with van der Waals surface area (Å²) in [5.74, 6) is 0.0753. The highest BCUT2D eigenvalue weighted by Gasteiger charge is 2.22. The topological polar surface area (TPSA) is 70.7 Å². The maximum absolute atomic E-state index is 12.4. The van der Waals surface area contributed by atoms with Crippen LogP contribution < -0.4 is 10.6 Å². The quantitative estimate of drug-likeness (QED) is 0.795. The Morgan fingerprint density at radius 2 is 1.69 bits per heavy atom. The fourth-order valence-electron chi connectivity index (χ4n) is 3.39. The lowest BCUT2D eigenvalue weighted by molar-refractivity contribution is -0.124. The zero-order chi connectivity index (χ0) is 18.4. The number of ether oxygens (including phenoxy) is 1. The van der Waals surface area contributed by atoms with Gasteiger partial charge in [-0.2, -0.15) is 0 Å². The summed E-state index contributed by atoms with van der Waals surface area (Å²) in [5, 5.41) is 6.09. The van der Waals surface area contributed by atoms with Gasteiger partial charge in [0.05, 0.1) is 13.2 Å². The maximum atomic E-state index is 12.4. The van der Waals surface area contributed by atoms with Gasteiger partial charge in [-0.05, 0) is 49.3 Å². The summed E-state index contributed by atoms with van der Waals surface area (Å²) in [6.07, 6.45) is 5.30. The van der Waals surface area contributed by atoms with Gasteiger partial charge in [0, 0.05) is 30.3 Å². The number of amides is 2. The van der Waals surface area contributed by atoms with Crippen molar-refractivity contribution in [2.75, 3.05) is 31.6 Å². The normalized spacial score (nSPS) is 18.2. The summed E-state index contributed by atoms with van der Waals surface area (Å²) in [6.45, 7) is 2.41. The highest BCUT2D eigenvalue weighted by molar-refractivity contribution is 7.80. The maximum Gasteiger partial charge on any atom is 0.254 e. The fraction of sp³-hybridized carbons (Fsp3) is 0.526. The molecule has 26 heavy (non-hydrogen) atoms. The van der Waals surface area contributed by atoms with Gasteiger partial charge in [0.2, 0.25) is 5.91 Å². The monoisotopic (exact) mass is 375 g/mol. The first-order valence-electron chi connectivity index (χ1n) is 9.22. The summed E-state index contributed by atoms with van der Waals surface area (Å²) in [7, 11) is 0. The number of thiocarbonyl (C=S) groups is 1. The van der Waals surface area contributed by atoms with Crippen molar-refractivity contribution < 1.29 is 14.3 Å². The number of nitrogens with zero attached hydrogens (tertiary/aromatic N) is 1. The van der Waals surface area contributed by atoms with E-state index in [1.165, 1.54) is 6.42 Å². The van der Waals surface area contributed by atoms with Crippen LogP contribution in [0.4, 0.5) is 5.69 Å². The van der Waals surface area contributed by atoms with E-state index < -0.39 is 0 Å². The molecule has 3 rings (SSSR count). The van der Waals surface area contributed by atoms with Crippen molar-refractivity contribution in [2.24, 2.45) is 5.92 Å². The van der Waals surface area contributed by atoms with Crippen LogP contribution in [0.2, 0.25) is 0 Å². The summed E-state index contributed by atoms with van der Waals surface area (Å²) in [4.78, 5) is 26.4. The number of nitrogens with one attached hydrogen (secondary N) is 2. The first-order chi connectivity index (χ1) is 12.6. The Hall–Kier alpha value is -1.99. The van der Waals surface area contributed by atoms with E-state index in [0.29, 0.717) is 37.0 Å². The molecule has 0 bridgehead atoms. The minimum absolute atomic E-state index is 0.00122. The van der Waals surface area contributed by atoms with Crippen LogP contribution in [0.1, 0.15) is 42.5 Å². The van der Waals surface area contributed by atoms with Gasteiger partial charge in [-0.25, -0.2) is 0 Å². The van der Waals surface area contributed by atoms with E-state index in [1.54, 1.807) is 29.2 Å². The van der Waals surface area contributed by atoms with Crippen molar-refractivity contribution in [3.05, 3.63) is 29.8 Å². The van der Waals surface area contributed by atoms with Crippen LogP contribution in [0.15, 0.2) is 24.3 Å². The molecule has 1 saturated carbocycles. The smallest absolute Gasteiger partial charge is 0.254 e. The Bertz CT molecular complexity index is 650. The molecule has 6 nitrogen and oxygen atoms in total. The lowest BCUT2D eigenvalue weighted by Gasteiger charge is -2.26. The summed E-state index contributed by atoms with van der Waals surface area (Å²) >= 11 is 5.24. The third-order valence-corrected chi connectivity index (χ3v) is 5.10. The Labute approximate surface area is 159 Å². The van der Waals surface area contributed by atoms with E-state index in [4.69, 9.17) is 17.0 Å². The molecular formula is C19H25N3O3S. The van der Waals surface area contributed by atoms with Crippen LogP contribution in [0.25, 0.3) is 0 Å². The molecule has 1 aromatic carbocycles. The van der Waals surface area contributed by atoms with Gasteiger partial charge >= 0.3 is 0 Å². The summed E-state index contributed by atoms with van der Waals surface area (Å²) in [5.41, 5.74) is 1.38. The minimum Gasteiger partial charge on any atom is -0.378 e. The number of rotatable bonds is 3. The molecule has 1 aliphatic carbocycles. The molecule has 7 heteroatoms. The fourth-order valence-corrected chi connectivity index (χ4v) is 3.60. The molecule has 1 aliphatic heterocycles. The predicted molar refractivity (Wildman–Crippen MR) is 104 cm³/mol. The van der Waals surface area contributed by atoms with Gasteiger partial charge in [-0.15, -0.1) is 0 Å². The molecule has 1 saturated heterocycles. The number of carbonyl (C=O) groups excluding carboxylic acids is 2. The van der Waals surface area contributed by atoms with Crippen molar-refractivity contribution in [3.63, 3.8) is 0 Å². The molecule has 2 fully saturated rings. The van der Waals surface area contributed by atoms with Gasteiger partial charge in [-0.1, -0.05) is 19.3 Å². The second-order valence-corrected chi connectivity index (χ2v) is 7.17. The van der Waals surface area contributed by atoms with Crippen molar-refractivity contribution in [3.8, 4) is 0 Å². The number of anilines is 1. The average molecular weight is 375 g/mol. The first kappa shape index (κ1) is 18.8. The molecule has 1 heterocycles. The van der Waals surface area contributed by atoms with E-state index in [-0.39, 0.29) is 17.7 Å². The predicted octanol–water partition coefficient (Wildman–Crippen LogP) is 2.55. The Morgan fingerprint density at radius 1 is 1.04 bits per heavy atom. The molecule has 140 valence electrons. The molecule has 0 unspecified atom stereocenters. The Kier molecular flexibility index (Phi) is 6.57. The molecule has 0 atom stereocenters. The van der Waals surface area contributed by atoms with Crippen LogP contribution in [-0.2, 0) is 9.53 Å². The lowest BCUT2D eigenvalue weighted by Crippen LogP contribution is -2.40. The van der Waals surface area contributed by atoms with Crippen molar-refractivity contribution in [2.45, 2.75) is 32.1 Å². The van der Waals surface area contributed by atoms with Crippen molar-refractivity contribution >= 4 is 34.8 Å². The number of carbonyl (C=O) groups is 2. The van der Waals surface area contributed by atoms with Gasteiger partial charge < -0.3 is 20.3 Å². The Balaban J connectivity index is 1.50. The minimum atomic E-state index is 0.00122. The molecular weight excluding hydrogens is 350 g/mol. The molecule has 0 aromatic heterocycles. The first-order valence-corrected chi connectivity index (χ1v) is 9.63. The number of benzene rings is 1. The van der Waals surface area contributed by atoms with E-state index in [0.717, 1.165) is 31.4 Å². The average Bonchev–Trinajstić information content (AvgIpc) is 2.69. The van der Waals surface area contributed by atoms with Crippen molar-refractivity contribution in [1.82, 2.24) is 10.2 Å². The summed E-state index contributed by atoms with van der Waals surface area (Å²) < 4.78 is 5.27. The van der Waals surface area contributed by atoms with Gasteiger partial charge in [-0.3, -0.25) is 9.59 Å². The molecule has 2 amide bonds. The van der Waals surface area contributed by atoms with Gasteiger partial charge in [0.25, 0.3) is 5.91 Å². The third-order valence-electron chi connectivity index (χ3n) is 4.90. The second-order valence-electron chi connectivity index (χ2n) is 6.76. The number of hydrogen-bond donors (Lipinski definition) is 2. The molecule has 0 radical (unpaired) electrons. The van der Waals surface area contributed by atoms with E-state index in [1.807, 2.05) is 0 Å². The zero-order valence-corrected chi connectivity index (χ0v) is 15.6. The van der Waals surface area contributed by atoms with Gasteiger partial charge in [0.15, 0.2) is 5.11 Å². The molecule has 1 aromatic rings. The molecule has 0 spiro atoms. The van der Waals surface area contributed by atoms with Crippen LogP contribution in [0.3, 0.4) is 0 Å². The van der Waals surface area contributed by atoms with Gasteiger partial charge in [0.1, 0.15) is 0 Å². The zero-order valence-electron chi connectivity index (χ0n) is 14.8. The second kappa shape index (κ2) is 9.09. The highest BCUT2D eigenvalue weighted by Crippen LogP contribution is 2.23. The largest absolute Gasteiger partial charge is 0.378 e. The number of hydrogen-bond acceptors (Lipinski definition) is 4. The number of morpholine rings is 1. The van der Waals surface area contributed by atoms with E-state index in [2.05, 4.69) is 10.6 Å². The summed E-state index contributed by atoms with van der Waals surface area (Å²) in [6, 6.07) is 7.14.